The lowest BCUT2D eigenvalue weighted by atomic mass is 10.1. The Labute approximate surface area is 150 Å². The van der Waals surface area contributed by atoms with Crippen molar-refractivity contribution in [2.24, 2.45) is 0 Å². The van der Waals surface area contributed by atoms with Crippen molar-refractivity contribution in [3.05, 3.63) is 89.5 Å². The maximum absolute atomic E-state index is 12.3. The van der Waals surface area contributed by atoms with Gasteiger partial charge in [0, 0.05) is 24.4 Å². The molecule has 25 heavy (non-hydrogen) atoms. The van der Waals surface area contributed by atoms with E-state index in [1.807, 2.05) is 43.3 Å². The lowest BCUT2D eigenvalue weighted by Crippen LogP contribution is -2.28. The normalized spacial score (nSPS) is 15.6. The molecule has 0 aliphatic carbocycles. The predicted molar refractivity (Wildman–Crippen MR) is 104 cm³/mol. The number of carbonyl (C=O) groups is 1. The van der Waals surface area contributed by atoms with Gasteiger partial charge in [-0.1, -0.05) is 66.2 Å². The molecule has 2 aromatic rings. The second-order valence-corrected chi connectivity index (χ2v) is 6.56. The first-order valence-corrected chi connectivity index (χ1v) is 9.04. The average Bonchev–Trinajstić information content (AvgIpc) is 2.67. The van der Waals surface area contributed by atoms with E-state index in [1.165, 1.54) is 30.5 Å². The first-order chi connectivity index (χ1) is 12.2. The fourth-order valence-electron chi connectivity index (χ4n) is 3.17. The van der Waals surface area contributed by atoms with Crippen molar-refractivity contribution in [3.8, 4) is 0 Å². The monoisotopic (exact) mass is 331 g/mol. The van der Waals surface area contributed by atoms with E-state index in [1.54, 1.807) is 6.08 Å². The zero-order chi connectivity index (χ0) is 17.5. The Morgan fingerprint density at radius 3 is 2.24 bits per heavy atom. The van der Waals surface area contributed by atoms with Crippen LogP contribution in [-0.2, 0) is 0 Å². The van der Waals surface area contributed by atoms with E-state index in [4.69, 9.17) is 0 Å². The molecule has 2 nitrogen and oxygen atoms in total. The lowest BCUT2D eigenvalue weighted by molar-refractivity contribution is 0.104. The van der Waals surface area contributed by atoms with Crippen molar-refractivity contribution in [1.82, 2.24) is 4.90 Å². The van der Waals surface area contributed by atoms with E-state index in [9.17, 15) is 4.79 Å². The maximum Gasteiger partial charge on any atom is 0.185 e. The van der Waals surface area contributed by atoms with Gasteiger partial charge in [-0.25, -0.2) is 0 Å². The summed E-state index contributed by atoms with van der Waals surface area (Å²) in [6.45, 7) is 4.19. The summed E-state index contributed by atoms with van der Waals surface area (Å²) in [6.07, 6.45) is 9.40. The molecule has 0 atom stereocenters. The van der Waals surface area contributed by atoms with Crippen LogP contribution in [0.4, 0.5) is 0 Å². The van der Waals surface area contributed by atoms with Crippen LogP contribution >= 0.6 is 0 Å². The van der Waals surface area contributed by atoms with Crippen LogP contribution in [0, 0.1) is 6.92 Å². The predicted octanol–water partition coefficient (Wildman–Crippen LogP) is 5.26. The summed E-state index contributed by atoms with van der Waals surface area (Å²) >= 11 is 0. The Kier molecular flexibility index (Phi) is 5.84. The van der Waals surface area contributed by atoms with Crippen LogP contribution in [0.3, 0.4) is 0 Å². The first-order valence-electron chi connectivity index (χ1n) is 9.04. The zero-order valence-electron chi connectivity index (χ0n) is 14.8. The molecule has 0 spiro atoms. The minimum atomic E-state index is 0.0438. The van der Waals surface area contributed by atoms with Crippen LogP contribution in [-0.4, -0.2) is 23.8 Å². The summed E-state index contributed by atoms with van der Waals surface area (Å²) in [5.74, 6) is 0.0438. The minimum Gasteiger partial charge on any atom is -0.371 e. The van der Waals surface area contributed by atoms with Crippen molar-refractivity contribution < 1.29 is 4.79 Å². The number of carbonyl (C=O) groups excluding carboxylic acids is 1. The molecule has 1 aliphatic rings. The largest absolute Gasteiger partial charge is 0.371 e. The van der Waals surface area contributed by atoms with Gasteiger partial charge in [-0.2, -0.15) is 0 Å². The van der Waals surface area contributed by atoms with Gasteiger partial charge < -0.3 is 4.90 Å². The number of allylic oxidation sites excluding steroid dienone is 3. The van der Waals surface area contributed by atoms with Gasteiger partial charge in [0.2, 0.25) is 0 Å². The van der Waals surface area contributed by atoms with Gasteiger partial charge in [-0.05, 0) is 43.9 Å². The molecule has 1 aliphatic heterocycles. The molecular weight excluding hydrogens is 306 g/mol. The highest BCUT2D eigenvalue weighted by Gasteiger charge is 2.14. The molecule has 2 heteroatoms. The third kappa shape index (κ3) is 4.69. The summed E-state index contributed by atoms with van der Waals surface area (Å²) in [7, 11) is 0. The molecule has 0 aromatic heterocycles. The van der Waals surface area contributed by atoms with Crippen LogP contribution in [0.25, 0.3) is 5.70 Å². The minimum absolute atomic E-state index is 0.0438. The second kappa shape index (κ2) is 8.48. The highest BCUT2D eigenvalue weighted by atomic mass is 16.1. The number of aryl methyl sites for hydroxylation is 1. The van der Waals surface area contributed by atoms with Crippen molar-refractivity contribution in [3.63, 3.8) is 0 Å². The Morgan fingerprint density at radius 1 is 0.880 bits per heavy atom. The summed E-state index contributed by atoms with van der Waals surface area (Å²) in [6, 6.07) is 18.1. The molecule has 1 heterocycles. The maximum atomic E-state index is 12.3. The molecule has 0 amide bonds. The SMILES string of the molecule is Cc1ccc(C(=O)/C=C/C=C(\c2ccccc2)N2CCCCC2)cc1. The van der Waals surface area contributed by atoms with Crippen LogP contribution in [0.5, 0.6) is 0 Å². The van der Waals surface area contributed by atoms with Crippen molar-refractivity contribution in [2.45, 2.75) is 26.2 Å². The van der Waals surface area contributed by atoms with Gasteiger partial charge in [-0.3, -0.25) is 4.79 Å². The highest BCUT2D eigenvalue weighted by molar-refractivity contribution is 6.04. The summed E-state index contributed by atoms with van der Waals surface area (Å²) < 4.78 is 0. The van der Waals surface area contributed by atoms with Gasteiger partial charge >= 0.3 is 0 Å². The topological polar surface area (TPSA) is 20.3 Å². The smallest absolute Gasteiger partial charge is 0.185 e. The molecule has 0 N–H and O–H groups in total. The quantitative estimate of drug-likeness (QED) is 0.423. The number of benzene rings is 2. The number of hydrogen-bond donors (Lipinski definition) is 0. The number of hydrogen-bond acceptors (Lipinski definition) is 2. The van der Waals surface area contributed by atoms with Crippen LogP contribution < -0.4 is 0 Å². The van der Waals surface area contributed by atoms with E-state index in [0.717, 1.165) is 24.2 Å². The molecule has 0 bridgehead atoms. The Morgan fingerprint density at radius 2 is 1.56 bits per heavy atom. The second-order valence-electron chi connectivity index (χ2n) is 6.56. The van der Waals surface area contributed by atoms with Crippen molar-refractivity contribution in [2.75, 3.05) is 13.1 Å². The Hall–Kier alpha value is -2.61. The summed E-state index contributed by atoms with van der Waals surface area (Å²) in [5, 5.41) is 0. The van der Waals surface area contributed by atoms with Crippen LogP contribution in [0.1, 0.15) is 40.7 Å². The third-order valence-corrected chi connectivity index (χ3v) is 4.60. The molecule has 0 saturated carbocycles. The standard InChI is InChI=1S/C23H25NO/c1-19-13-15-21(16-14-19)23(25)12-8-11-22(20-9-4-2-5-10-20)24-17-6-3-7-18-24/h2,4-5,8-16H,3,6-7,17-18H2,1H3/b12-8+,22-11+. The molecule has 0 radical (unpaired) electrons. The van der Waals surface area contributed by atoms with E-state index in [2.05, 4.69) is 35.2 Å². The molecular formula is C23H25NO. The van der Waals surface area contributed by atoms with Gasteiger partial charge in [0.05, 0.1) is 0 Å². The summed E-state index contributed by atoms with van der Waals surface area (Å²) in [4.78, 5) is 14.8. The Balaban J connectivity index is 1.80. The Bertz CT molecular complexity index is 750. The number of rotatable bonds is 5. The molecule has 0 unspecified atom stereocenters. The van der Waals surface area contributed by atoms with E-state index in [-0.39, 0.29) is 5.78 Å². The molecule has 1 saturated heterocycles. The lowest BCUT2D eigenvalue weighted by Gasteiger charge is -2.31. The summed E-state index contributed by atoms with van der Waals surface area (Å²) in [5.41, 5.74) is 4.30. The van der Waals surface area contributed by atoms with Gasteiger partial charge in [-0.15, -0.1) is 0 Å². The molecule has 128 valence electrons. The van der Waals surface area contributed by atoms with Gasteiger partial charge in [0.15, 0.2) is 5.78 Å². The van der Waals surface area contributed by atoms with Crippen LogP contribution in [0.15, 0.2) is 72.8 Å². The fraction of sp³-hybridized carbons (Fsp3) is 0.261. The van der Waals surface area contributed by atoms with Gasteiger partial charge in [0.1, 0.15) is 0 Å². The number of piperidine rings is 1. The molecule has 3 rings (SSSR count). The van der Waals surface area contributed by atoms with Crippen molar-refractivity contribution in [1.29, 1.82) is 0 Å². The van der Waals surface area contributed by atoms with E-state index in [0.29, 0.717) is 0 Å². The van der Waals surface area contributed by atoms with Crippen molar-refractivity contribution >= 4 is 11.5 Å². The molecule has 1 fully saturated rings. The van der Waals surface area contributed by atoms with E-state index < -0.39 is 0 Å². The fourth-order valence-corrected chi connectivity index (χ4v) is 3.17. The van der Waals surface area contributed by atoms with E-state index >= 15 is 0 Å². The van der Waals surface area contributed by atoms with Gasteiger partial charge in [0.25, 0.3) is 0 Å². The first kappa shape index (κ1) is 17.2. The molecule has 2 aromatic carbocycles. The highest BCUT2D eigenvalue weighted by Crippen LogP contribution is 2.23. The number of ketones is 1. The third-order valence-electron chi connectivity index (χ3n) is 4.60. The number of nitrogens with zero attached hydrogens (tertiary/aromatic N) is 1. The zero-order valence-corrected chi connectivity index (χ0v) is 14.8. The average molecular weight is 331 g/mol. The van der Waals surface area contributed by atoms with Crippen LogP contribution in [0.2, 0.25) is 0 Å². The number of likely N-dealkylation sites (tertiary alicyclic amines) is 1.